The predicted molar refractivity (Wildman–Crippen MR) is 35.1 cm³/mol. The van der Waals surface area contributed by atoms with Crippen LogP contribution in [0.2, 0.25) is 0 Å². The zero-order chi connectivity index (χ0) is 9.23. The van der Waals surface area contributed by atoms with Crippen LogP contribution in [0.15, 0.2) is 0 Å². The lowest BCUT2D eigenvalue weighted by Crippen LogP contribution is -2.30. The van der Waals surface area contributed by atoms with Crippen molar-refractivity contribution in [2.75, 3.05) is 0 Å². The molecule has 66 valence electrons. The fourth-order valence-electron chi connectivity index (χ4n) is 0.661. The van der Waals surface area contributed by atoms with Crippen molar-refractivity contribution in [3.63, 3.8) is 0 Å². The Kier molecular flexibility index (Phi) is 3.08. The molecule has 0 aliphatic carbocycles. The number of rotatable bonds is 2. The molecule has 0 amide bonds. The summed E-state index contributed by atoms with van der Waals surface area (Å²) in [6.07, 6.45) is -4.39. The summed E-state index contributed by atoms with van der Waals surface area (Å²) in [6.45, 7) is 3.82. The minimum atomic E-state index is -4.39. The molecule has 0 saturated heterocycles. The lowest BCUT2D eigenvalue weighted by atomic mass is 9.97. The van der Waals surface area contributed by atoms with Crippen molar-refractivity contribution in [3.05, 3.63) is 0 Å². The summed E-state index contributed by atoms with van der Waals surface area (Å²) in [6, 6.07) is 0. The van der Waals surface area contributed by atoms with Crippen LogP contribution in [-0.4, -0.2) is 12.0 Å². The molecule has 0 spiro atoms. The molecule has 0 unspecified atom stereocenters. The SMILES string of the molecule is CC(C)C(=O)[C@H](C)C(F)(F)F. The van der Waals surface area contributed by atoms with Crippen molar-refractivity contribution in [3.8, 4) is 0 Å². The van der Waals surface area contributed by atoms with Crippen LogP contribution in [0.1, 0.15) is 20.8 Å². The Morgan fingerprint density at radius 3 is 1.64 bits per heavy atom. The molecule has 0 aromatic carbocycles. The van der Waals surface area contributed by atoms with E-state index in [2.05, 4.69) is 0 Å². The second kappa shape index (κ2) is 3.24. The van der Waals surface area contributed by atoms with Crippen molar-refractivity contribution in [2.24, 2.45) is 11.8 Å². The van der Waals surface area contributed by atoms with Gasteiger partial charge in [0.05, 0.1) is 0 Å². The maximum Gasteiger partial charge on any atom is 0.398 e. The summed E-state index contributed by atoms with van der Waals surface area (Å²) in [4.78, 5) is 10.8. The van der Waals surface area contributed by atoms with Crippen LogP contribution in [0, 0.1) is 11.8 Å². The molecule has 0 fully saturated rings. The Hall–Kier alpha value is -0.540. The average Bonchev–Trinajstić information content (AvgIpc) is 1.82. The van der Waals surface area contributed by atoms with Gasteiger partial charge in [0.15, 0.2) is 0 Å². The largest absolute Gasteiger partial charge is 0.398 e. The molecule has 0 aliphatic heterocycles. The van der Waals surface area contributed by atoms with Gasteiger partial charge in [-0.2, -0.15) is 13.2 Å². The zero-order valence-electron chi connectivity index (χ0n) is 6.70. The van der Waals surface area contributed by atoms with E-state index in [1.54, 1.807) is 0 Å². The monoisotopic (exact) mass is 168 g/mol. The standard InChI is InChI=1S/C7H11F3O/c1-4(2)6(11)5(3)7(8,9)10/h4-5H,1-3H3/t5-/m0/s1. The number of alkyl halides is 3. The minimum absolute atomic E-state index is 0.549. The molecule has 4 heteroatoms. The second-order valence-electron chi connectivity index (χ2n) is 2.82. The first-order valence-electron chi connectivity index (χ1n) is 3.37. The third-order valence-corrected chi connectivity index (χ3v) is 1.49. The summed E-state index contributed by atoms with van der Waals surface area (Å²) >= 11 is 0. The Balaban J connectivity index is 4.26. The van der Waals surface area contributed by atoms with Gasteiger partial charge in [0.25, 0.3) is 0 Å². The molecular formula is C7H11F3O. The Bertz CT molecular complexity index is 148. The van der Waals surface area contributed by atoms with Gasteiger partial charge in [-0.25, -0.2) is 0 Å². The van der Waals surface area contributed by atoms with E-state index in [9.17, 15) is 18.0 Å². The van der Waals surface area contributed by atoms with Gasteiger partial charge < -0.3 is 0 Å². The smallest absolute Gasteiger partial charge is 0.299 e. The quantitative estimate of drug-likeness (QED) is 0.618. The van der Waals surface area contributed by atoms with Crippen LogP contribution in [-0.2, 0) is 4.79 Å². The van der Waals surface area contributed by atoms with Gasteiger partial charge in [-0.05, 0) is 6.92 Å². The molecule has 0 bridgehead atoms. The van der Waals surface area contributed by atoms with Crippen LogP contribution in [0.4, 0.5) is 13.2 Å². The fourth-order valence-corrected chi connectivity index (χ4v) is 0.661. The van der Waals surface area contributed by atoms with Gasteiger partial charge in [0.2, 0.25) is 0 Å². The lowest BCUT2D eigenvalue weighted by Gasteiger charge is -2.15. The lowest BCUT2D eigenvalue weighted by molar-refractivity contribution is -0.179. The van der Waals surface area contributed by atoms with Crippen LogP contribution < -0.4 is 0 Å². The first-order chi connectivity index (χ1) is 4.76. The van der Waals surface area contributed by atoms with Gasteiger partial charge in [-0.3, -0.25) is 4.79 Å². The number of Topliss-reactive ketones (excluding diaryl/α,β-unsaturated/α-hetero) is 1. The number of hydrogen-bond acceptors (Lipinski definition) is 1. The van der Waals surface area contributed by atoms with Crippen molar-refractivity contribution >= 4 is 5.78 Å². The molecule has 0 aromatic heterocycles. The highest BCUT2D eigenvalue weighted by Gasteiger charge is 2.41. The molecule has 11 heavy (non-hydrogen) atoms. The van der Waals surface area contributed by atoms with Gasteiger partial charge in [-0.1, -0.05) is 13.8 Å². The zero-order valence-corrected chi connectivity index (χ0v) is 6.70. The molecule has 0 rings (SSSR count). The van der Waals surface area contributed by atoms with Gasteiger partial charge in [0.1, 0.15) is 11.7 Å². The maximum atomic E-state index is 11.8. The molecule has 0 aromatic rings. The van der Waals surface area contributed by atoms with E-state index in [1.165, 1.54) is 13.8 Å². The molecular weight excluding hydrogens is 157 g/mol. The third-order valence-electron chi connectivity index (χ3n) is 1.49. The molecule has 1 atom stereocenters. The second-order valence-corrected chi connectivity index (χ2v) is 2.82. The van der Waals surface area contributed by atoms with Crippen molar-refractivity contribution in [2.45, 2.75) is 26.9 Å². The minimum Gasteiger partial charge on any atom is -0.299 e. The van der Waals surface area contributed by atoms with Crippen LogP contribution in [0.5, 0.6) is 0 Å². The van der Waals surface area contributed by atoms with Crippen molar-refractivity contribution in [1.29, 1.82) is 0 Å². The summed E-state index contributed by atoms with van der Waals surface area (Å²) in [5, 5.41) is 0. The summed E-state index contributed by atoms with van der Waals surface area (Å²) in [7, 11) is 0. The Morgan fingerprint density at radius 1 is 1.18 bits per heavy atom. The highest BCUT2D eigenvalue weighted by molar-refractivity contribution is 5.83. The van der Waals surface area contributed by atoms with E-state index in [-0.39, 0.29) is 0 Å². The number of ketones is 1. The van der Waals surface area contributed by atoms with E-state index >= 15 is 0 Å². The fraction of sp³-hybridized carbons (Fsp3) is 0.857. The first kappa shape index (κ1) is 10.5. The van der Waals surface area contributed by atoms with E-state index in [0.29, 0.717) is 0 Å². The summed E-state index contributed by atoms with van der Waals surface area (Å²) < 4.78 is 35.5. The van der Waals surface area contributed by atoms with Gasteiger partial charge in [0, 0.05) is 5.92 Å². The van der Waals surface area contributed by atoms with Crippen LogP contribution >= 0.6 is 0 Å². The van der Waals surface area contributed by atoms with Gasteiger partial charge in [-0.15, -0.1) is 0 Å². The van der Waals surface area contributed by atoms with Crippen molar-refractivity contribution < 1.29 is 18.0 Å². The number of halogens is 3. The molecule has 0 N–H and O–H groups in total. The van der Waals surface area contributed by atoms with Crippen LogP contribution in [0.3, 0.4) is 0 Å². The van der Waals surface area contributed by atoms with E-state index in [1.807, 2.05) is 0 Å². The first-order valence-corrected chi connectivity index (χ1v) is 3.37. The van der Waals surface area contributed by atoms with E-state index in [0.717, 1.165) is 6.92 Å². The maximum absolute atomic E-state index is 11.8. The van der Waals surface area contributed by atoms with Crippen LogP contribution in [0.25, 0.3) is 0 Å². The van der Waals surface area contributed by atoms with E-state index < -0.39 is 23.8 Å². The van der Waals surface area contributed by atoms with Crippen molar-refractivity contribution in [1.82, 2.24) is 0 Å². The Morgan fingerprint density at radius 2 is 1.55 bits per heavy atom. The normalized spacial score (nSPS) is 15.2. The highest BCUT2D eigenvalue weighted by atomic mass is 19.4. The number of carbonyl (C=O) groups excluding carboxylic acids is 1. The molecule has 0 saturated carbocycles. The summed E-state index contributed by atoms with van der Waals surface area (Å²) in [5.74, 6) is -3.13. The summed E-state index contributed by atoms with van der Waals surface area (Å²) in [5.41, 5.74) is 0. The molecule has 0 aliphatic rings. The topological polar surface area (TPSA) is 17.1 Å². The third kappa shape index (κ3) is 2.91. The molecule has 0 radical (unpaired) electrons. The Labute approximate surface area is 63.6 Å². The van der Waals surface area contributed by atoms with E-state index in [4.69, 9.17) is 0 Å². The average molecular weight is 168 g/mol. The number of carbonyl (C=O) groups is 1. The van der Waals surface area contributed by atoms with Gasteiger partial charge >= 0.3 is 6.18 Å². The number of hydrogen-bond donors (Lipinski definition) is 0. The predicted octanol–water partition coefficient (Wildman–Crippen LogP) is 2.41. The highest BCUT2D eigenvalue weighted by Crippen LogP contribution is 2.28. The molecule has 0 heterocycles. The molecule has 1 nitrogen and oxygen atoms in total.